The van der Waals surface area contributed by atoms with Crippen molar-refractivity contribution in [2.45, 2.75) is 17.9 Å². The number of imide groups is 1. The number of aromatic carboxylic acids is 1. The molecule has 0 spiro atoms. The van der Waals surface area contributed by atoms with E-state index in [2.05, 4.69) is 0 Å². The molecule has 2 aromatic carbocycles. The number of carboxylic acids is 2. The van der Waals surface area contributed by atoms with Gasteiger partial charge in [0.1, 0.15) is 0 Å². The van der Waals surface area contributed by atoms with E-state index in [1.54, 1.807) is 30.3 Å². The van der Waals surface area contributed by atoms with Gasteiger partial charge in [-0.15, -0.1) is 0 Å². The van der Waals surface area contributed by atoms with Crippen LogP contribution in [0.3, 0.4) is 0 Å². The van der Waals surface area contributed by atoms with Crippen LogP contribution in [0.4, 0.5) is 0 Å². The highest BCUT2D eigenvalue weighted by atomic mass is 16.4. The Hall–Kier alpha value is -3.48. The monoisotopic (exact) mass is 351 g/mol. The molecule has 1 saturated carbocycles. The standard InChI is InChI=1S/C19H13NO6/c21-15-12-7-6-11(17(23)24)8-13(12)16(22)20(15)19(18(25)26)9-14(19)10-4-2-1-3-5-10/h1-8,14H,9H2,(H,23,24)(H,25,26)/t14?,19-/m1/s1. The van der Waals surface area contributed by atoms with Gasteiger partial charge in [0.2, 0.25) is 0 Å². The zero-order valence-corrected chi connectivity index (χ0v) is 13.4. The van der Waals surface area contributed by atoms with Crippen LogP contribution < -0.4 is 0 Å². The summed E-state index contributed by atoms with van der Waals surface area (Å²) in [7, 11) is 0. The van der Waals surface area contributed by atoms with Crippen LogP contribution in [0.1, 0.15) is 49.0 Å². The number of fused-ring (bicyclic) bond motifs is 1. The van der Waals surface area contributed by atoms with Gasteiger partial charge in [-0.2, -0.15) is 0 Å². The number of benzene rings is 2. The lowest BCUT2D eigenvalue weighted by atomic mass is 10.0. The average Bonchev–Trinajstić information content (AvgIpc) is 3.33. The van der Waals surface area contributed by atoms with Crippen LogP contribution in [-0.2, 0) is 4.79 Å². The number of amides is 2. The summed E-state index contributed by atoms with van der Waals surface area (Å²) in [5.41, 5.74) is -1.09. The fourth-order valence-electron chi connectivity index (χ4n) is 3.65. The third-order valence-corrected chi connectivity index (χ3v) is 5.04. The number of nitrogens with zero attached hydrogens (tertiary/aromatic N) is 1. The van der Waals surface area contributed by atoms with Crippen LogP contribution in [0.2, 0.25) is 0 Å². The summed E-state index contributed by atoms with van der Waals surface area (Å²) in [4.78, 5) is 49.5. The van der Waals surface area contributed by atoms with Crippen molar-refractivity contribution in [3.63, 3.8) is 0 Å². The topological polar surface area (TPSA) is 112 Å². The van der Waals surface area contributed by atoms with Crippen LogP contribution >= 0.6 is 0 Å². The van der Waals surface area contributed by atoms with Gasteiger partial charge >= 0.3 is 11.9 Å². The second kappa shape index (κ2) is 5.26. The molecule has 1 aliphatic carbocycles. The van der Waals surface area contributed by atoms with E-state index in [4.69, 9.17) is 5.11 Å². The first kappa shape index (κ1) is 16.0. The van der Waals surface area contributed by atoms with Crippen LogP contribution in [-0.4, -0.2) is 44.4 Å². The summed E-state index contributed by atoms with van der Waals surface area (Å²) in [5.74, 6) is -4.45. The first-order valence-electron chi connectivity index (χ1n) is 7.92. The molecule has 2 amide bonds. The molecule has 0 saturated heterocycles. The molecule has 1 heterocycles. The van der Waals surface area contributed by atoms with E-state index in [0.717, 1.165) is 16.5 Å². The minimum Gasteiger partial charge on any atom is -0.479 e. The second-order valence-corrected chi connectivity index (χ2v) is 6.41. The van der Waals surface area contributed by atoms with Gasteiger partial charge in [-0.1, -0.05) is 30.3 Å². The molecule has 7 heteroatoms. The summed E-state index contributed by atoms with van der Waals surface area (Å²) in [6, 6.07) is 12.5. The third kappa shape index (κ3) is 2.00. The van der Waals surface area contributed by atoms with E-state index < -0.39 is 35.2 Å². The average molecular weight is 351 g/mol. The van der Waals surface area contributed by atoms with Gasteiger partial charge in [-0.3, -0.25) is 14.5 Å². The fraction of sp³-hybridized carbons (Fsp3) is 0.158. The van der Waals surface area contributed by atoms with Crippen molar-refractivity contribution in [1.29, 1.82) is 0 Å². The van der Waals surface area contributed by atoms with E-state index in [1.807, 2.05) is 0 Å². The summed E-state index contributed by atoms with van der Waals surface area (Å²) in [5, 5.41) is 18.9. The first-order chi connectivity index (χ1) is 12.4. The number of carbonyl (C=O) groups excluding carboxylic acids is 2. The SMILES string of the molecule is O=C(O)c1ccc2c(c1)C(=O)N([C@]1(C(=O)O)CC1c1ccccc1)C2=O. The lowest BCUT2D eigenvalue weighted by molar-refractivity contribution is -0.143. The van der Waals surface area contributed by atoms with E-state index in [9.17, 15) is 24.3 Å². The van der Waals surface area contributed by atoms with Crippen molar-refractivity contribution in [1.82, 2.24) is 4.90 Å². The van der Waals surface area contributed by atoms with Crippen molar-refractivity contribution in [3.8, 4) is 0 Å². The van der Waals surface area contributed by atoms with Crippen LogP contribution in [0.15, 0.2) is 48.5 Å². The quantitative estimate of drug-likeness (QED) is 0.815. The maximum absolute atomic E-state index is 12.8. The molecule has 2 atom stereocenters. The van der Waals surface area contributed by atoms with Gasteiger partial charge in [-0.05, 0) is 30.2 Å². The summed E-state index contributed by atoms with van der Waals surface area (Å²) < 4.78 is 0. The van der Waals surface area contributed by atoms with Gasteiger partial charge in [0.25, 0.3) is 11.8 Å². The van der Waals surface area contributed by atoms with E-state index in [-0.39, 0.29) is 23.1 Å². The number of carbonyl (C=O) groups is 4. The molecule has 2 aliphatic rings. The first-order valence-corrected chi connectivity index (χ1v) is 7.92. The zero-order chi connectivity index (χ0) is 18.6. The van der Waals surface area contributed by atoms with Crippen molar-refractivity contribution >= 4 is 23.8 Å². The van der Waals surface area contributed by atoms with Crippen molar-refractivity contribution in [2.75, 3.05) is 0 Å². The predicted molar refractivity (Wildman–Crippen MR) is 88.1 cm³/mol. The lowest BCUT2D eigenvalue weighted by Gasteiger charge is -2.23. The highest BCUT2D eigenvalue weighted by Crippen LogP contribution is 2.57. The molecule has 0 radical (unpaired) electrons. The molecule has 26 heavy (non-hydrogen) atoms. The van der Waals surface area contributed by atoms with Crippen LogP contribution in [0.25, 0.3) is 0 Å². The van der Waals surface area contributed by atoms with Gasteiger partial charge < -0.3 is 10.2 Å². The Morgan fingerprint density at radius 1 is 0.962 bits per heavy atom. The van der Waals surface area contributed by atoms with Crippen LogP contribution in [0, 0.1) is 0 Å². The normalized spacial score (nSPS) is 23.7. The molecule has 1 unspecified atom stereocenters. The highest BCUT2D eigenvalue weighted by Gasteiger charge is 2.69. The van der Waals surface area contributed by atoms with E-state index >= 15 is 0 Å². The fourth-order valence-corrected chi connectivity index (χ4v) is 3.65. The molecule has 1 fully saturated rings. The number of rotatable bonds is 4. The third-order valence-electron chi connectivity index (χ3n) is 5.04. The Bertz CT molecular complexity index is 983. The molecular formula is C19H13NO6. The zero-order valence-electron chi connectivity index (χ0n) is 13.4. The van der Waals surface area contributed by atoms with Gasteiger partial charge in [-0.25, -0.2) is 9.59 Å². The smallest absolute Gasteiger partial charge is 0.335 e. The molecule has 2 aromatic rings. The number of hydrogen-bond donors (Lipinski definition) is 2. The molecule has 0 bridgehead atoms. The summed E-state index contributed by atoms with van der Waals surface area (Å²) in [6.07, 6.45) is 0.129. The predicted octanol–water partition coefficient (Wildman–Crippen LogP) is 1.99. The van der Waals surface area contributed by atoms with Crippen molar-refractivity contribution < 1.29 is 29.4 Å². The summed E-state index contributed by atoms with van der Waals surface area (Å²) in [6.45, 7) is 0. The minimum absolute atomic E-state index is 0.0272. The molecule has 7 nitrogen and oxygen atoms in total. The molecule has 2 N–H and O–H groups in total. The van der Waals surface area contributed by atoms with E-state index in [1.165, 1.54) is 12.1 Å². The maximum Gasteiger partial charge on any atom is 0.335 e. The minimum atomic E-state index is -1.64. The highest BCUT2D eigenvalue weighted by molar-refractivity contribution is 6.24. The Morgan fingerprint density at radius 3 is 2.23 bits per heavy atom. The maximum atomic E-state index is 12.8. The largest absolute Gasteiger partial charge is 0.479 e. The number of carboxylic acid groups (broad SMARTS) is 2. The Morgan fingerprint density at radius 2 is 1.62 bits per heavy atom. The Balaban J connectivity index is 1.78. The van der Waals surface area contributed by atoms with Crippen molar-refractivity contribution in [2.24, 2.45) is 0 Å². The second-order valence-electron chi connectivity index (χ2n) is 6.41. The van der Waals surface area contributed by atoms with Gasteiger partial charge in [0, 0.05) is 5.92 Å². The number of aliphatic carboxylic acids is 1. The number of hydrogen-bond acceptors (Lipinski definition) is 4. The lowest BCUT2D eigenvalue weighted by Crippen LogP contribution is -2.48. The van der Waals surface area contributed by atoms with Gasteiger partial charge in [0.15, 0.2) is 5.54 Å². The molecular weight excluding hydrogens is 338 g/mol. The molecule has 1 aliphatic heterocycles. The molecule has 0 aromatic heterocycles. The van der Waals surface area contributed by atoms with Crippen LogP contribution in [0.5, 0.6) is 0 Å². The van der Waals surface area contributed by atoms with E-state index in [0.29, 0.717) is 0 Å². The Kier molecular flexibility index (Phi) is 3.24. The molecule has 4 rings (SSSR count). The summed E-state index contributed by atoms with van der Waals surface area (Å²) >= 11 is 0. The van der Waals surface area contributed by atoms with Gasteiger partial charge in [0.05, 0.1) is 16.7 Å². The van der Waals surface area contributed by atoms with Crippen molar-refractivity contribution in [3.05, 3.63) is 70.8 Å². The molecule has 130 valence electrons. The Labute approximate surface area is 147 Å².